The average molecular weight is 294 g/mol. The second-order valence-corrected chi connectivity index (χ2v) is 5.97. The predicted molar refractivity (Wildman–Crippen MR) is 71.1 cm³/mol. The van der Waals surface area contributed by atoms with E-state index < -0.39 is 0 Å². The van der Waals surface area contributed by atoms with E-state index in [1.807, 2.05) is 0 Å². The normalized spacial score (nSPS) is 18.7. The molecule has 2 heterocycles. The van der Waals surface area contributed by atoms with Crippen LogP contribution in [0.5, 0.6) is 0 Å². The molecule has 20 heavy (non-hydrogen) atoms. The number of hydrogen-bond donors (Lipinski definition) is 1. The summed E-state index contributed by atoms with van der Waals surface area (Å²) < 4.78 is 0. The molecule has 3 amide bonds. The van der Waals surface area contributed by atoms with Gasteiger partial charge in [-0.15, -0.1) is 10.2 Å². The van der Waals surface area contributed by atoms with Gasteiger partial charge in [-0.1, -0.05) is 11.3 Å². The van der Waals surface area contributed by atoms with Gasteiger partial charge in [0, 0.05) is 31.7 Å². The summed E-state index contributed by atoms with van der Waals surface area (Å²) in [7, 11) is 0. The van der Waals surface area contributed by atoms with Gasteiger partial charge in [0.05, 0.1) is 0 Å². The number of carbonyl (C=O) groups is 3. The Bertz CT molecular complexity index is 551. The van der Waals surface area contributed by atoms with Crippen molar-refractivity contribution in [3.63, 3.8) is 0 Å². The largest absolute Gasteiger partial charge is 0.300 e. The maximum atomic E-state index is 11.8. The molecule has 0 atom stereocenters. The average Bonchev–Trinajstić information content (AvgIpc) is 3.09. The van der Waals surface area contributed by atoms with Crippen LogP contribution in [0.3, 0.4) is 0 Å². The third kappa shape index (κ3) is 2.84. The molecule has 0 aromatic carbocycles. The van der Waals surface area contributed by atoms with Gasteiger partial charge in [0.1, 0.15) is 5.01 Å². The zero-order valence-corrected chi connectivity index (χ0v) is 11.6. The summed E-state index contributed by atoms with van der Waals surface area (Å²) in [5.41, 5.74) is 0. The number of imide groups is 1. The number of nitrogens with zero attached hydrogens (tertiary/aromatic N) is 3. The van der Waals surface area contributed by atoms with E-state index in [1.165, 1.54) is 11.3 Å². The Labute approximate surface area is 119 Å². The van der Waals surface area contributed by atoms with Gasteiger partial charge >= 0.3 is 0 Å². The first-order valence-corrected chi connectivity index (χ1v) is 7.41. The van der Waals surface area contributed by atoms with E-state index in [1.54, 1.807) is 0 Å². The number of nitrogens with one attached hydrogen (secondary N) is 1. The highest BCUT2D eigenvalue weighted by Gasteiger charge is 2.29. The number of aromatic nitrogens is 2. The van der Waals surface area contributed by atoms with Crippen molar-refractivity contribution in [3.05, 3.63) is 5.01 Å². The number of carbonyl (C=O) groups excluding carboxylic acids is 3. The summed E-state index contributed by atoms with van der Waals surface area (Å²) in [5.74, 6) is -0.140. The summed E-state index contributed by atoms with van der Waals surface area (Å²) in [6.45, 7) is 0.137. The molecule has 2 aliphatic rings. The molecule has 8 heteroatoms. The Balaban J connectivity index is 1.49. The lowest BCUT2D eigenvalue weighted by atomic mass is 10.3. The van der Waals surface area contributed by atoms with Crippen LogP contribution < -0.4 is 5.32 Å². The molecular weight excluding hydrogens is 280 g/mol. The quantitative estimate of drug-likeness (QED) is 0.814. The van der Waals surface area contributed by atoms with E-state index in [4.69, 9.17) is 0 Å². The molecule has 1 aliphatic carbocycles. The summed E-state index contributed by atoms with van der Waals surface area (Å²) in [4.78, 5) is 35.7. The predicted octanol–water partition coefficient (Wildman–Crippen LogP) is 0.893. The van der Waals surface area contributed by atoms with Gasteiger partial charge in [0.2, 0.25) is 22.9 Å². The van der Waals surface area contributed by atoms with Gasteiger partial charge in [-0.2, -0.15) is 0 Å². The van der Waals surface area contributed by atoms with Crippen LogP contribution in [-0.2, 0) is 14.4 Å². The molecule has 0 bridgehead atoms. The van der Waals surface area contributed by atoms with Crippen molar-refractivity contribution < 1.29 is 14.4 Å². The SMILES string of the molecule is O=C(CCN1C(=O)CCC1=O)Nc1nnc(C2CC2)s1. The lowest BCUT2D eigenvalue weighted by molar-refractivity contribution is -0.138. The van der Waals surface area contributed by atoms with Crippen LogP contribution in [0.15, 0.2) is 0 Å². The monoisotopic (exact) mass is 294 g/mol. The minimum atomic E-state index is -0.254. The van der Waals surface area contributed by atoms with Crippen molar-refractivity contribution in [1.82, 2.24) is 15.1 Å². The topological polar surface area (TPSA) is 92.3 Å². The van der Waals surface area contributed by atoms with Gasteiger partial charge in [0.25, 0.3) is 0 Å². The van der Waals surface area contributed by atoms with E-state index >= 15 is 0 Å². The van der Waals surface area contributed by atoms with Crippen molar-refractivity contribution in [2.75, 3.05) is 11.9 Å². The number of amides is 3. The van der Waals surface area contributed by atoms with Crippen LogP contribution in [0.4, 0.5) is 5.13 Å². The van der Waals surface area contributed by atoms with Crippen molar-refractivity contribution in [2.45, 2.75) is 38.0 Å². The molecule has 1 aliphatic heterocycles. The fourth-order valence-electron chi connectivity index (χ4n) is 2.05. The van der Waals surface area contributed by atoms with E-state index in [2.05, 4.69) is 15.5 Å². The van der Waals surface area contributed by atoms with Crippen LogP contribution in [0, 0.1) is 0 Å². The highest BCUT2D eigenvalue weighted by Crippen LogP contribution is 2.42. The Morgan fingerprint density at radius 1 is 1.25 bits per heavy atom. The number of likely N-dealkylation sites (tertiary alicyclic amines) is 1. The first-order chi connectivity index (χ1) is 9.63. The Morgan fingerprint density at radius 3 is 2.60 bits per heavy atom. The highest BCUT2D eigenvalue weighted by atomic mass is 32.1. The molecule has 106 valence electrons. The molecule has 0 unspecified atom stereocenters. The zero-order chi connectivity index (χ0) is 14.1. The second kappa shape index (κ2) is 5.28. The summed E-state index contributed by atoms with van der Waals surface area (Å²) in [6, 6.07) is 0. The third-order valence-electron chi connectivity index (χ3n) is 3.33. The van der Waals surface area contributed by atoms with Crippen molar-refractivity contribution in [3.8, 4) is 0 Å². The molecular formula is C12H14N4O3S. The third-order valence-corrected chi connectivity index (χ3v) is 4.33. The lowest BCUT2D eigenvalue weighted by Gasteiger charge is -2.12. The molecule has 2 fully saturated rings. The van der Waals surface area contributed by atoms with Crippen LogP contribution in [-0.4, -0.2) is 39.4 Å². The Kier molecular flexibility index (Phi) is 3.47. The molecule has 0 spiro atoms. The van der Waals surface area contributed by atoms with Gasteiger partial charge in [0.15, 0.2) is 0 Å². The first kappa shape index (κ1) is 13.2. The fraction of sp³-hybridized carbons (Fsp3) is 0.583. The molecule has 3 rings (SSSR count). The van der Waals surface area contributed by atoms with E-state index in [0.29, 0.717) is 11.0 Å². The fourth-order valence-corrected chi connectivity index (χ4v) is 2.98. The summed E-state index contributed by atoms with van der Waals surface area (Å²) in [5, 5.41) is 12.0. The van der Waals surface area contributed by atoms with E-state index in [9.17, 15) is 14.4 Å². The Morgan fingerprint density at radius 2 is 1.95 bits per heavy atom. The molecule has 1 saturated carbocycles. The van der Waals surface area contributed by atoms with Gasteiger partial charge in [-0.25, -0.2) is 0 Å². The molecule has 0 radical (unpaired) electrons. The molecule has 1 N–H and O–H groups in total. The maximum Gasteiger partial charge on any atom is 0.229 e. The van der Waals surface area contributed by atoms with Gasteiger partial charge < -0.3 is 5.32 Å². The smallest absolute Gasteiger partial charge is 0.229 e. The van der Waals surface area contributed by atoms with Crippen molar-refractivity contribution in [2.24, 2.45) is 0 Å². The maximum absolute atomic E-state index is 11.8. The van der Waals surface area contributed by atoms with Crippen molar-refractivity contribution in [1.29, 1.82) is 0 Å². The van der Waals surface area contributed by atoms with Crippen LogP contribution in [0.1, 0.15) is 43.0 Å². The summed E-state index contributed by atoms with van der Waals surface area (Å²) in [6.07, 6.45) is 2.88. The van der Waals surface area contributed by atoms with Crippen LogP contribution >= 0.6 is 11.3 Å². The minimum absolute atomic E-state index is 0.0931. The lowest BCUT2D eigenvalue weighted by Crippen LogP contribution is -2.32. The zero-order valence-electron chi connectivity index (χ0n) is 10.8. The first-order valence-electron chi connectivity index (χ1n) is 6.60. The second-order valence-electron chi connectivity index (χ2n) is 4.96. The molecule has 1 aromatic rings. The molecule has 1 saturated heterocycles. The number of anilines is 1. The Hall–Kier alpha value is -1.83. The molecule has 7 nitrogen and oxygen atoms in total. The van der Waals surface area contributed by atoms with Crippen molar-refractivity contribution >= 4 is 34.2 Å². The summed E-state index contributed by atoms with van der Waals surface area (Å²) >= 11 is 1.39. The van der Waals surface area contributed by atoms with Gasteiger partial charge in [-0.05, 0) is 12.8 Å². The van der Waals surface area contributed by atoms with E-state index in [0.717, 1.165) is 22.7 Å². The number of rotatable bonds is 5. The highest BCUT2D eigenvalue weighted by molar-refractivity contribution is 7.15. The van der Waals surface area contributed by atoms with Crippen LogP contribution in [0.2, 0.25) is 0 Å². The van der Waals surface area contributed by atoms with E-state index in [-0.39, 0.29) is 43.5 Å². The minimum Gasteiger partial charge on any atom is -0.300 e. The number of hydrogen-bond acceptors (Lipinski definition) is 6. The van der Waals surface area contributed by atoms with Crippen LogP contribution in [0.25, 0.3) is 0 Å². The van der Waals surface area contributed by atoms with Gasteiger partial charge in [-0.3, -0.25) is 19.3 Å². The standard InChI is InChI=1S/C12H14N4O3S/c17-8(5-6-16-9(18)3-4-10(16)19)13-12-15-14-11(20-12)7-1-2-7/h7H,1-6H2,(H,13,15,17). The molecule has 1 aromatic heterocycles.